The summed E-state index contributed by atoms with van der Waals surface area (Å²) in [5, 5.41) is 0. The van der Waals surface area contributed by atoms with E-state index in [0.717, 1.165) is 0 Å². The summed E-state index contributed by atoms with van der Waals surface area (Å²) in [6.45, 7) is 4.58. The van der Waals surface area contributed by atoms with Gasteiger partial charge >= 0.3 is 0 Å². The van der Waals surface area contributed by atoms with E-state index in [1.807, 2.05) is 0 Å². The second kappa shape index (κ2) is 5.77. The molecule has 1 aliphatic rings. The molecule has 1 heteroatoms. The Morgan fingerprint density at radius 1 is 1.12 bits per heavy atom. The monoisotopic (exact) mass is 236 g/mol. The maximum atomic E-state index is 2.36. The zero-order valence-electron chi connectivity index (χ0n) is 10.6. The minimum atomic E-state index is 0.350. The standard InChI is InChI=1S/C15H24S/c1-3-13(2)15-8-6-14(7-9-15)12-16-10-4-5-11-16/h6-9,13,16H,3-5,10-12H2,1-2H3. The van der Waals surface area contributed by atoms with Crippen LogP contribution in [0.4, 0.5) is 0 Å². The number of hydrogen-bond donors (Lipinski definition) is 1. The highest BCUT2D eigenvalue weighted by Crippen LogP contribution is 2.37. The summed E-state index contributed by atoms with van der Waals surface area (Å²) in [6.07, 6.45) is 4.21. The van der Waals surface area contributed by atoms with Gasteiger partial charge in [-0.15, -0.1) is 0 Å². The normalized spacial score (nSPS) is 20.0. The van der Waals surface area contributed by atoms with Gasteiger partial charge in [0.05, 0.1) is 0 Å². The van der Waals surface area contributed by atoms with E-state index in [0.29, 0.717) is 16.8 Å². The molecule has 90 valence electrons. The Kier molecular flexibility index (Phi) is 4.34. The number of benzene rings is 1. The Bertz CT molecular complexity index is 309. The smallest absolute Gasteiger partial charge is 0.0000513 e. The van der Waals surface area contributed by atoms with Crippen LogP contribution in [0.3, 0.4) is 0 Å². The fourth-order valence-electron chi connectivity index (χ4n) is 2.39. The van der Waals surface area contributed by atoms with E-state index >= 15 is 0 Å². The van der Waals surface area contributed by atoms with Crippen LogP contribution in [0.5, 0.6) is 0 Å². The highest BCUT2D eigenvalue weighted by molar-refractivity contribution is 8.16. The highest BCUT2D eigenvalue weighted by atomic mass is 32.2. The van der Waals surface area contributed by atoms with Crippen LogP contribution in [0.1, 0.15) is 50.2 Å². The second-order valence-corrected chi connectivity index (χ2v) is 7.59. The van der Waals surface area contributed by atoms with E-state index in [2.05, 4.69) is 38.1 Å². The molecule has 2 rings (SSSR count). The molecule has 1 saturated heterocycles. The highest BCUT2D eigenvalue weighted by Gasteiger charge is 2.11. The average molecular weight is 236 g/mol. The molecule has 1 unspecified atom stereocenters. The molecule has 0 amide bonds. The van der Waals surface area contributed by atoms with Crippen molar-refractivity contribution < 1.29 is 0 Å². The van der Waals surface area contributed by atoms with Crippen molar-refractivity contribution in [2.45, 2.75) is 44.8 Å². The van der Waals surface area contributed by atoms with Crippen molar-refractivity contribution in [2.24, 2.45) is 0 Å². The summed E-state index contributed by atoms with van der Waals surface area (Å²) >= 11 is 0. The Morgan fingerprint density at radius 3 is 2.31 bits per heavy atom. The molecule has 16 heavy (non-hydrogen) atoms. The third kappa shape index (κ3) is 3.04. The molecule has 0 bridgehead atoms. The topological polar surface area (TPSA) is 0 Å². The van der Waals surface area contributed by atoms with Crippen molar-refractivity contribution >= 4 is 10.9 Å². The van der Waals surface area contributed by atoms with Crippen LogP contribution >= 0.6 is 10.9 Å². The molecule has 1 fully saturated rings. The first-order valence-corrected chi connectivity index (χ1v) is 8.50. The van der Waals surface area contributed by atoms with Gasteiger partial charge in [-0.05, 0) is 47.8 Å². The molecule has 0 spiro atoms. The lowest BCUT2D eigenvalue weighted by atomic mass is 9.98. The van der Waals surface area contributed by atoms with Crippen LogP contribution in [-0.4, -0.2) is 11.5 Å². The van der Waals surface area contributed by atoms with Crippen LogP contribution in [0, 0.1) is 0 Å². The first-order valence-electron chi connectivity index (χ1n) is 6.60. The molecule has 1 heterocycles. The molecule has 0 saturated carbocycles. The summed E-state index contributed by atoms with van der Waals surface area (Å²) in [7, 11) is 0.350. The molecule has 0 radical (unpaired) electrons. The molecule has 0 aromatic heterocycles. The molecule has 1 aliphatic heterocycles. The lowest BCUT2D eigenvalue weighted by Gasteiger charge is -2.15. The van der Waals surface area contributed by atoms with E-state index in [-0.39, 0.29) is 0 Å². The molecule has 1 aromatic carbocycles. The van der Waals surface area contributed by atoms with Gasteiger partial charge in [-0.3, -0.25) is 0 Å². The van der Waals surface area contributed by atoms with E-state index in [9.17, 15) is 0 Å². The predicted octanol–water partition coefficient (Wildman–Crippen LogP) is 4.50. The second-order valence-electron chi connectivity index (χ2n) is 5.03. The molecular formula is C15H24S. The van der Waals surface area contributed by atoms with Gasteiger partial charge in [0.25, 0.3) is 0 Å². The zero-order chi connectivity index (χ0) is 11.4. The van der Waals surface area contributed by atoms with Gasteiger partial charge in [-0.25, -0.2) is 10.9 Å². The maximum absolute atomic E-state index is 2.36. The Morgan fingerprint density at radius 2 is 1.75 bits per heavy atom. The summed E-state index contributed by atoms with van der Waals surface area (Å²) < 4.78 is 0. The lowest BCUT2D eigenvalue weighted by Crippen LogP contribution is -1.93. The summed E-state index contributed by atoms with van der Waals surface area (Å²) in [4.78, 5) is 0. The van der Waals surface area contributed by atoms with E-state index < -0.39 is 0 Å². The molecule has 0 nitrogen and oxygen atoms in total. The van der Waals surface area contributed by atoms with Gasteiger partial charge in [0.15, 0.2) is 0 Å². The Labute approximate surface area is 103 Å². The summed E-state index contributed by atoms with van der Waals surface area (Å²) in [6, 6.07) is 9.41. The van der Waals surface area contributed by atoms with E-state index in [1.165, 1.54) is 42.1 Å². The van der Waals surface area contributed by atoms with Gasteiger partial charge in [0.1, 0.15) is 0 Å². The van der Waals surface area contributed by atoms with Crippen LogP contribution in [0.2, 0.25) is 0 Å². The fourth-order valence-corrected chi connectivity index (χ4v) is 4.99. The lowest BCUT2D eigenvalue weighted by molar-refractivity contribution is 0.733. The van der Waals surface area contributed by atoms with E-state index in [4.69, 9.17) is 0 Å². The van der Waals surface area contributed by atoms with Gasteiger partial charge < -0.3 is 0 Å². The van der Waals surface area contributed by atoms with Gasteiger partial charge in [-0.2, -0.15) is 0 Å². The first-order chi connectivity index (χ1) is 7.79. The maximum Gasteiger partial charge on any atom is 0.0000513 e. The summed E-state index contributed by atoms with van der Waals surface area (Å²) in [5.41, 5.74) is 3.07. The van der Waals surface area contributed by atoms with Crippen molar-refractivity contribution in [3.8, 4) is 0 Å². The first kappa shape index (κ1) is 12.0. The van der Waals surface area contributed by atoms with Crippen molar-refractivity contribution in [1.29, 1.82) is 0 Å². The van der Waals surface area contributed by atoms with Crippen molar-refractivity contribution in [1.82, 2.24) is 0 Å². The van der Waals surface area contributed by atoms with Gasteiger partial charge in [-0.1, -0.05) is 38.1 Å². The van der Waals surface area contributed by atoms with Crippen molar-refractivity contribution in [3.05, 3.63) is 35.4 Å². The molecule has 0 aliphatic carbocycles. The van der Waals surface area contributed by atoms with E-state index in [1.54, 1.807) is 5.56 Å². The van der Waals surface area contributed by atoms with Crippen LogP contribution in [0.15, 0.2) is 24.3 Å². The fraction of sp³-hybridized carbons (Fsp3) is 0.600. The van der Waals surface area contributed by atoms with Crippen LogP contribution < -0.4 is 0 Å². The quantitative estimate of drug-likeness (QED) is 0.731. The largest absolute Gasteiger partial charge is 0.249 e. The van der Waals surface area contributed by atoms with Crippen LogP contribution in [-0.2, 0) is 5.75 Å². The van der Waals surface area contributed by atoms with Gasteiger partial charge in [0, 0.05) is 5.75 Å². The molecule has 0 N–H and O–H groups in total. The Balaban J connectivity index is 1.96. The number of thiol groups is 1. The average Bonchev–Trinajstić information content (AvgIpc) is 2.82. The minimum Gasteiger partial charge on any atom is -0.249 e. The summed E-state index contributed by atoms with van der Waals surface area (Å²) in [5.74, 6) is 5.12. The molecular weight excluding hydrogens is 212 g/mol. The third-order valence-corrected chi connectivity index (χ3v) is 6.48. The molecule has 1 atom stereocenters. The third-order valence-electron chi connectivity index (χ3n) is 3.77. The predicted molar refractivity (Wildman–Crippen MR) is 76.8 cm³/mol. The zero-order valence-corrected chi connectivity index (χ0v) is 11.5. The number of rotatable bonds is 4. The molecule has 1 aromatic rings. The van der Waals surface area contributed by atoms with Crippen molar-refractivity contribution in [2.75, 3.05) is 11.5 Å². The van der Waals surface area contributed by atoms with Gasteiger partial charge in [0.2, 0.25) is 0 Å². The SMILES string of the molecule is CCC(C)c1ccc(C[SH]2CCCC2)cc1. The van der Waals surface area contributed by atoms with Crippen molar-refractivity contribution in [3.63, 3.8) is 0 Å². The minimum absolute atomic E-state index is 0.350. The van der Waals surface area contributed by atoms with Crippen LogP contribution in [0.25, 0.3) is 0 Å². The number of hydrogen-bond acceptors (Lipinski definition) is 0. The Hall–Kier alpha value is -0.430.